The van der Waals surface area contributed by atoms with Crippen LogP contribution in [-0.2, 0) is 0 Å². The summed E-state index contributed by atoms with van der Waals surface area (Å²) in [6.07, 6.45) is 3.06. The zero-order chi connectivity index (χ0) is 14.8. The molecule has 7 heteroatoms. The standard InChI is InChI=1S/C14H9BrN4O2/c15-9-5-2-1-4-8(9)10-13(20)18-12(19-14(10)21)11-16-6-3-7-17-11/h1-7H,(H2,18,19,20,21). The van der Waals surface area contributed by atoms with E-state index in [-0.39, 0.29) is 23.1 Å². The second kappa shape index (κ2) is 5.45. The van der Waals surface area contributed by atoms with Gasteiger partial charge in [-0.15, -0.1) is 0 Å². The van der Waals surface area contributed by atoms with Crippen LogP contribution < -0.4 is 5.56 Å². The Balaban J connectivity index is 2.19. The van der Waals surface area contributed by atoms with Crippen LogP contribution >= 0.6 is 15.9 Å². The Morgan fingerprint density at radius 1 is 1.10 bits per heavy atom. The van der Waals surface area contributed by atoms with E-state index in [1.807, 2.05) is 6.07 Å². The maximum absolute atomic E-state index is 12.3. The van der Waals surface area contributed by atoms with Gasteiger partial charge in [-0.3, -0.25) is 4.79 Å². The molecule has 6 nitrogen and oxygen atoms in total. The molecule has 3 aromatic rings. The second-order valence-electron chi connectivity index (χ2n) is 4.17. The van der Waals surface area contributed by atoms with Crippen LogP contribution in [-0.4, -0.2) is 25.0 Å². The summed E-state index contributed by atoms with van der Waals surface area (Å²) in [5, 5.41) is 10.1. The molecule has 0 saturated heterocycles. The van der Waals surface area contributed by atoms with Gasteiger partial charge in [0.2, 0.25) is 5.88 Å². The Bertz CT molecular complexity index is 849. The minimum absolute atomic E-state index is 0.0992. The summed E-state index contributed by atoms with van der Waals surface area (Å²) in [6, 6.07) is 8.74. The summed E-state index contributed by atoms with van der Waals surface area (Å²) in [5.74, 6) is -0.00872. The summed E-state index contributed by atoms with van der Waals surface area (Å²) in [6.45, 7) is 0. The third-order valence-electron chi connectivity index (χ3n) is 2.82. The molecule has 0 amide bonds. The highest BCUT2D eigenvalue weighted by Crippen LogP contribution is 2.30. The smallest absolute Gasteiger partial charge is 0.263 e. The van der Waals surface area contributed by atoms with Gasteiger partial charge in [0.25, 0.3) is 5.56 Å². The molecule has 2 heterocycles. The van der Waals surface area contributed by atoms with E-state index < -0.39 is 5.56 Å². The molecular formula is C14H9BrN4O2. The number of nitrogens with one attached hydrogen (secondary N) is 1. The van der Waals surface area contributed by atoms with Crippen molar-refractivity contribution in [2.24, 2.45) is 0 Å². The van der Waals surface area contributed by atoms with E-state index in [0.717, 1.165) is 0 Å². The number of hydrogen-bond donors (Lipinski definition) is 2. The molecule has 0 spiro atoms. The number of nitrogens with zero attached hydrogens (tertiary/aromatic N) is 3. The van der Waals surface area contributed by atoms with Gasteiger partial charge in [0.1, 0.15) is 5.56 Å². The van der Waals surface area contributed by atoms with Gasteiger partial charge in [-0.25, -0.2) is 9.97 Å². The van der Waals surface area contributed by atoms with Crippen LogP contribution in [0.2, 0.25) is 0 Å². The van der Waals surface area contributed by atoms with Gasteiger partial charge in [-0.05, 0) is 12.1 Å². The van der Waals surface area contributed by atoms with Crippen LogP contribution in [0.25, 0.3) is 22.8 Å². The lowest BCUT2D eigenvalue weighted by Gasteiger charge is -2.07. The number of hydrogen-bond acceptors (Lipinski definition) is 5. The number of aromatic hydroxyl groups is 1. The van der Waals surface area contributed by atoms with Gasteiger partial charge in [-0.1, -0.05) is 34.1 Å². The maximum Gasteiger partial charge on any atom is 0.263 e. The minimum Gasteiger partial charge on any atom is -0.493 e. The predicted octanol–water partition coefficient (Wildman–Crippen LogP) is 2.36. The molecule has 2 N–H and O–H groups in total. The lowest BCUT2D eigenvalue weighted by atomic mass is 10.1. The average molecular weight is 345 g/mol. The third-order valence-corrected chi connectivity index (χ3v) is 3.51. The first-order valence-electron chi connectivity index (χ1n) is 6.02. The average Bonchev–Trinajstić information content (AvgIpc) is 2.49. The highest BCUT2D eigenvalue weighted by Gasteiger charge is 2.16. The van der Waals surface area contributed by atoms with Crippen LogP contribution in [0.1, 0.15) is 0 Å². The number of halogens is 1. The highest BCUT2D eigenvalue weighted by atomic mass is 79.9. The third kappa shape index (κ3) is 2.55. The Morgan fingerprint density at radius 2 is 1.81 bits per heavy atom. The van der Waals surface area contributed by atoms with Gasteiger partial charge in [0.15, 0.2) is 11.6 Å². The first kappa shape index (κ1) is 13.4. The molecule has 0 unspecified atom stereocenters. The molecule has 0 radical (unpaired) electrons. The molecule has 104 valence electrons. The van der Waals surface area contributed by atoms with Crippen molar-refractivity contribution in [1.29, 1.82) is 0 Å². The van der Waals surface area contributed by atoms with E-state index in [1.165, 1.54) is 12.4 Å². The lowest BCUT2D eigenvalue weighted by Crippen LogP contribution is -2.13. The normalized spacial score (nSPS) is 10.5. The number of benzene rings is 1. The van der Waals surface area contributed by atoms with E-state index in [4.69, 9.17) is 0 Å². The van der Waals surface area contributed by atoms with Gasteiger partial charge in [0.05, 0.1) is 0 Å². The SMILES string of the molecule is O=c1[nH]c(-c2ncccn2)nc(O)c1-c1ccccc1Br. The molecule has 0 saturated carbocycles. The van der Waals surface area contributed by atoms with Crippen molar-refractivity contribution >= 4 is 15.9 Å². The van der Waals surface area contributed by atoms with Crippen molar-refractivity contribution in [3.8, 4) is 28.7 Å². The fraction of sp³-hybridized carbons (Fsp3) is 0. The largest absolute Gasteiger partial charge is 0.493 e. The number of aromatic amines is 1. The Hall–Kier alpha value is -2.54. The van der Waals surface area contributed by atoms with Gasteiger partial charge < -0.3 is 10.1 Å². The van der Waals surface area contributed by atoms with Crippen LogP contribution in [0.5, 0.6) is 5.88 Å². The van der Waals surface area contributed by atoms with Crippen molar-refractivity contribution in [2.75, 3.05) is 0 Å². The van der Waals surface area contributed by atoms with Crippen LogP contribution in [0.15, 0.2) is 52.0 Å². The number of aromatic nitrogens is 4. The molecule has 0 bridgehead atoms. The molecule has 1 aromatic carbocycles. The zero-order valence-corrected chi connectivity index (χ0v) is 12.2. The fourth-order valence-corrected chi connectivity index (χ4v) is 2.38. The first-order valence-corrected chi connectivity index (χ1v) is 6.81. The zero-order valence-electron chi connectivity index (χ0n) is 10.6. The van der Waals surface area contributed by atoms with Crippen molar-refractivity contribution < 1.29 is 5.11 Å². The van der Waals surface area contributed by atoms with E-state index in [2.05, 4.69) is 35.9 Å². The van der Waals surface area contributed by atoms with Gasteiger partial charge >= 0.3 is 0 Å². The molecule has 0 aliphatic rings. The summed E-state index contributed by atoms with van der Waals surface area (Å²) in [5.41, 5.74) is 0.197. The van der Waals surface area contributed by atoms with E-state index in [0.29, 0.717) is 10.0 Å². The van der Waals surface area contributed by atoms with Crippen molar-refractivity contribution in [3.63, 3.8) is 0 Å². The quantitative estimate of drug-likeness (QED) is 0.744. The highest BCUT2D eigenvalue weighted by molar-refractivity contribution is 9.10. The molecular weight excluding hydrogens is 336 g/mol. The number of rotatable bonds is 2. The molecule has 3 rings (SSSR count). The van der Waals surface area contributed by atoms with Crippen molar-refractivity contribution in [1.82, 2.24) is 19.9 Å². The van der Waals surface area contributed by atoms with Crippen LogP contribution in [0.4, 0.5) is 0 Å². The summed E-state index contributed by atoms with van der Waals surface area (Å²) >= 11 is 3.35. The van der Waals surface area contributed by atoms with Gasteiger partial charge in [0, 0.05) is 22.4 Å². The molecule has 0 fully saturated rings. The van der Waals surface area contributed by atoms with Crippen molar-refractivity contribution in [2.45, 2.75) is 0 Å². The lowest BCUT2D eigenvalue weighted by molar-refractivity contribution is 0.454. The second-order valence-corrected chi connectivity index (χ2v) is 5.02. The molecule has 0 aliphatic heterocycles. The molecule has 0 atom stereocenters. The van der Waals surface area contributed by atoms with Crippen LogP contribution in [0.3, 0.4) is 0 Å². The molecule has 0 aliphatic carbocycles. The summed E-state index contributed by atoms with van der Waals surface area (Å²) in [7, 11) is 0. The first-order chi connectivity index (χ1) is 10.2. The maximum atomic E-state index is 12.3. The van der Waals surface area contributed by atoms with Crippen LogP contribution in [0, 0.1) is 0 Å². The molecule has 2 aromatic heterocycles. The Morgan fingerprint density at radius 3 is 2.48 bits per heavy atom. The Kier molecular flexibility index (Phi) is 3.49. The topological polar surface area (TPSA) is 91.8 Å². The van der Waals surface area contributed by atoms with Crippen molar-refractivity contribution in [3.05, 3.63) is 57.6 Å². The van der Waals surface area contributed by atoms with Gasteiger partial charge in [-0.2, -0.15) is 4.98 Å². The Labute approximate surface area is 127 Å². The monoisotopic (exact) mass is 344 g/mol. The summed E-state index contributed by atoms with van der Waals surface area (Å²) in [4.78, 5) is 26.8. The number of H-pyrrole nitrogens is 1. The predicted molar refractivity (Wildman–Crippen MR) is 80.7 cm³/mol. The minimum atomic E-state index is -0.461. The van der Waals surface area contributed by atoms with E-state index >= 15 is 0 Å². The fourth-order valence-electron chi connectivity index (χ4n) is 1.90. The summed E-state index contributed by atoms with van der Waals surface area (Å²) < 4.78 is 0.691. The molecule has 21 heavy (non-hydrogen) atoms. The van der Waals surface area contributed by atoms with E-state index in [1.54, 1.807) is 24.3 Å². The van der Waals surface area contributed by atoms with E-state index in [9.17, 15) is 9.90 Å².